The van der Waals surface area contributed by atoms with Crippen LogP contribution in [0.3, 0.4) is 0 Å². The fraction of sp³-hybridized carbons (Fsp3) is 0.444. The standard InChI is InChI=1S/C45H55N11O5/c1-51-39-24-31(8-11-37(39)56(45(51)60)38-12-13-42(58)48-44(38)59)29-53-16-14-52(15-17-53)22-23-61-34-25-32(26-34)47-28-30-6-9-33(10-7-30)54-18-20-55(21-19-54)40-27-36(49-50-43(40)46)35-4-2-3-5-41(35)57/h2-11,24,27,32,34,38,47,57H,12-23,25-26,28-29H2,1H3,(H2,46,50)(H,48,58,59)/t32-,34-,38?. The Morgan fingerprint density at radius 2 is 1.56 bits per heavy atom. The lowest BCUT2D eigenvalue weighted by Gasteiger charge is -2.38. The van der Waals surface area contributed by atoms with Crippen LogP contribution in [0.2, 0.25) is 0 Å². The van der Waals surface area contributed by atoms with Gasteiger partial charge in [-0.2, -0.15) is 0 Å². The number of imidazole rings is 1. The molecule has 2 amide bonds. The number of fused-ring (bicyclic) bond motifs is 1. The van der Waals surface area contributed by atoms with Crippen molar-refractivity contribution in [1.29, 1.82) is 0 Å². The molecule has 4 fully saturated rings. The number of rotatable bonds is 13. The van der Waals surface area contributed by atoms with E-state index in [1.165, 1.54) is 15.8 Å². The number of nitrogens with two attached hydrogens (primary N) is 1. The van der Waals surface area contributed by atoms with Crippen LogP contribution in [-0.2, 0) is 34.5 Å². The van der Waals surface area contributed by atoms with Crippen molar-refractivity contribution in [3.05, 3.63) is 94.4 Å². The van der Waals surface area contributed by atoms with Gasteiger partial charge in [0.05, 0.1) is 35.1 Å². The average Bonchev–Trinajstić information content (AvgIpc) is 3.50. The highest BCUT2D eigenvalue weighted by Crippen LogP contribution is 2.32. The molecular weight excluding hydrogens is 775 g/mol. The molecule has 5 N–H and O–H groups in total. The normalized spacial score (nSPS) is 21.5. The van der Waals surface area contributed by atoms with Gasteiger partial charge in [-0.3, -0.25) is 33.8 Å². The molecule has 0 radical (unpaired) electrons. The van der Waals surface area contributed by atoms with E-state index in [2.05, 4.69) is 70.8 Å². The molecule has 0 bridgehead atoms. The van der Waals surface area contributed by atoms with E-state index in [0.717, 1.165) is 108 Å². The molecule has 5 heterocycles. The van der Waals surface area contributed by atoms with Crippen molar-refractivity contribution in [3.63, 3.8) is 0 Å². The van der Waals surface area contributed by atoms with Crippen molar-refractivity contribution in [1.82, 2.24) is 39.8 Å². The number of nitrogens with one attached hydrogen (secondary N) is 2. The van der Waals surface area contributed by atoms with Gasteiger partial charge in [-0.1, -0.05) is 30.3 Å². The Morgan fingerprint density at radius 3 is 2.31 bits per heavy atom. The Kier molecular flexibility index (Phi) is 11.7. The number of phenols is 1. The second-order valence-electron chi connectivity index (χ2n) is 16.8. The molecular formula is C45H55N11O5. The molecule has 61 heavy (non-hydrogen) atoms. The summed E-state index contributed by atoms with van der Waals surface area (Å²) >= 11 is 0. The predicted octanol–water partition coefficient (Wildman–Crippen LogP) is 2.84. The van der Waals surface area contributed by atoms with Gasteiger partial charge in [-0.15, -0.1) is 10.2 Å². The van der Waals surface area contributed by atoms with Gasteiger partial charge in [0.1, 0.15) is 11.8 Å². The minimum atomic E-state index is -0.677. The molecule has 320 valence electrons. The topological polar surface area (TPSA) is 179 Å². The zero-order valence-corrected chi connectivity index (χ0v) is 34.7. The summed E-state index contributed by atoms with van der Waals surface area (Å²) in [6.45, 7) is 10.5. The molecule has 9 rings (SSSR count). The van der Waals surface area contributed by atoms with Gasteiger partial charge in [0, 0.05) is 103 Å². The van der Waals surface area contributed by atoms with Gasteiger partial charge in [0.15, 0.2) is 5.82 Å². The number of para-hydroxylation sites is 1. The maximum atomic E-state index is 13.2. The van der Waals surface area contributed by atoms with Crippen LogP contribution in [0.4, 0.5) is 17.2 Å². The molecule has 4 aliphatic rings. The Labute approximate surface area is 354 Å². The number of piperidine rings is 1. The first-order valence-electron chi connectivity index (χ1n) is 21.5. The minimum absolute atomic E-state index is 0.169. The number of benzene rings is 3. The number of nitrogen functional groups attached to an aromatic ring is 1. The number of piperazine rings is 2. The van der Waals surface area contributed by atoms with Crippen molar-refractivity contribution >= 4 is 40.0 Å². The number of imide groups is 1. The monoisotopic (exact) mass is 829 g/mol. The molecule has 2 aromatic heterocycles. The van der Waals surface area contributed by atoms with Gasteiger partial charge in [0.25, 0.3) is 0 Å². The van der Waals surface area contributed by atoms with Crippen LogP contribution in [0, 0.1) is 0 Å². The number of hydrogen-bond acceptors (Lipinski definition) is 13. The summed E-state index contributed by atoms with van der Waals surface area (Å²) in [5.74, 6) is -0.147. The van der Waals surface area contributed by atoms with E-state index in [0.29, 0.717) is 41.2 Å². The van der Waals surface area contributed by atoms with Crippen LogP contribution < -0.4 is 31.9 Å². The fourth-order valence-corrected chi connectivity index (χ4v) is 9.14. The highest BCUT2D eigenvalue weighted by molar-refractivity contribution is 6.00. The lowest BCUT2D eigenvalue weighted by Crippen LogP contribution is -2.48. The molecule has 5 aromatic rings. The molecule has 3 aromatic carbocycles. The fourth-order valence-electron chi connectivity index (χ4n) is 9.14. The number of aromatic nitrogens is 4. The number of phenolic OH excluding ortho intramolecular Hbond substituents is 1. The van der Waals surface area contributed by atoms with E-state index in [-0.39, 0.29) is 23.8 Å². The summed E-state index contributed by atoms with van der Waals surface area (Å²) < 4.78 is 9.39. The summed E-state index contributed by atoms with van der Waals surface area (Å²) in [5, 5.41) is 24.8. The number of ether oxygens (including phenoxy) is 1. The van der Waals surface area contributed by atoms with E-state index < -0.39 is 11.9 Å². The van der Waals surface area contributed by atoms with E-state index in [1.807, 2.05) is 30.3 Å². The molecule has 1 saturated carbocycles. The number of nitrogens with zero attached hydrogens (tertiary/aromatic N) is 8. The van der Waals surface area contributed by atoms with Crippen LogP contribution in [0.1, 0.15) is 42.9 Å². The van der Waals surface area contributed by atoms with Crippen molar-refractivity contribution in [2.45, 2.75) is 57.0 Å². The summed E-state index contributed by atoms with van der Waals surface area (Å²) in [7, 11) is 1.74. The third-order valence-corrected chi connectivity index (χ3v) is 12.9. The third-order valence-electron chi connectivity index (χ3n) is 12.9. The van der Waals surface area contributed by atoms with Crippen LogP contribution in [0.25, 0.3) is 22.3 Å². The largest absolute Gasteiger partial charge is 0.507 e. The molecule has 3 saturated heterocycles. The predicted molar refractivity (Wildman–Crippen MR) is 234 cm³/mol. The zero-order chi connectivity index (χ0) is 42.0. The molecule has 16 nitrogen and oxygen atoms in total. The zero-order valence-electron chi connectivity index (χ0n) is 34.7. The Balaban J connectivity index is 0.658. The lowest BCUT2D eigenvalue weighted by molar-refractivity contribution is -0.135. The Hall–Kier alpha value is -5.81. The van der Waals surface area contributed by atoms with Crippen LogP contribution in [-0.4, -0.2) is 124 Å². The number of carbonyl (C=O) groups excluding carboxylic acids is 2. The molecule has 1 unspecified atom stereocenters. The van der Waals surface area contributed by atoms with Crippen LogP contribution in [0.15, 0.2) is 77.6 Å². The first kappa shape index (κ1) is 40.6. The van der Waals surface area contributed by atoms with Gasteiger partial charge < -0.3 is 30.7 Å². The third kappa shape index (κ3) is 8.84. The maximum absolute atomic E-state index is 13.2. The number of aromatic hydroxyl groups is 1. The summed E-state index contributed by atoms with van der Waals surface area (Å²) in [6, 6.07) is 23.7. The maximum Gasteiger partial charge on any atom is 0.329 e. The van der Waals surface area contributed by atoms with Gasteiger partial charge in [-0.05, 0) is 72.9 Å². The molecule has 1 aliphatic carbocycles. The van der Waals surface area contributed by atoms with Crippen molar-refractivity contribution < 1.29 is 19.4 Å². The number of hydrogen-bond donors (Lipinski definition) is 4. The van der Waals surface area contributed by atoms with Gasteiger partial charge >= 0.3 is 5.69 Å². The van der Waals surface area contributed by atoms with E-state index in [1.54, 1.807) is 23.7 Å². The number of carbonyl (C=O) groups is 2. The molecule has 0 spiro atoms. The number of anilines is 3. The number of aryl methyl sites for hydroxylation is 1. The SMILES string of the molecule is Cn1c(=O)n(C2CCC(=O)NC2=O)c2ccc(CN3CCN(CCO[C@H]4C[C@H](NCc5ccc(N6CCN(c7cc(-c8ccccc8O)nnc7N)CC6)cc5)C4)CC3)cc21. The van der Waals surface area contributed by atoms with Crippen LogP contribution in [0.5, 0.6) is 5.75 Å². The molecule has 1 atom stereocenters. The van der Waals surface area contributed by atoms with Gasteiger partial charge in [0.2, 0.25) is 11.8 Å². The van der Waals surface area contributed by atoms with Crippen molar-refractivity contribution in [3.8, 4) is 17.0 Å². The van der Waals surface area contributed by atoms with E-state index in [9.17, 15) is 19.5 Å². The average molecular weight is 830 g/mol. The van der Waals surface area contributed by atoms with E-state index >= 15 is 0 Å². The highest BCUT2D eigenvalue weighted by Gasteiger charge is 2.32. The summed E-state index contributed by atoms with van der Waals surface area (Å²) in [4.78, 5) is 46.9. The van der Waals surface area contributed by atoms with Crippen LogP contribution >= 0.6 is 0 Å². The first-order valence-corrected chi connectivity index (χ1v) is 21.5. The smallest absolute Gasteiger partial charge is 0.329 e. The Morgan fingerprint density at radius 1 is 0.836 bits per heavy atom. The van der Waals surface area contributed by atoms with Gasteiger partial charge in [-0.25, -0.2) is 4.79 Å². The van der Waals surface area contributed by atoms with Crippen molar-refractivity contribution in [2.24, 2.45) is 7.05 Å². The summed E-state index contributed by atoms with van der Waals surface area (Å²) in [6.07, 6.45) is 2.94. The molecule has 16 heteroatoms. The van der Waals surface area contributed by atoms with Crippen molar-refractivity contribution in [2.75, 3.05) is 81.0 Å². The van der Waals surface area contributed by atoms with E-state index in [4.69, 9.17) is 10.5 Å². The number of amides is 2. The lowest BCUT2D eigenvalue weighted by atomic mass is 9.89. The molecule has 3 aliphatic heterocycles. The Bertz CT molecular complexity index is 2430. The first-order chi connectivity index (χ1) is 29.7. The highest BCUT2D eigenvalue weighted by atomic mass is 16.5. The summed E-state index contributed by atoms with van der Waals surface area (Å²) in [5.41, 5.74) is 13.2. The minimum Gasteiger partial charge on any atom is -0.507 e. The second-order valence-corrected chi connectivity index (χ2v) is 16.8. The second kappa shape index (κ2) is 17.7. The quantitative estimate of drug-likeness (QED) is 0.128.